The molecule has 16 heavy (non-hydrogen) atoms. The highest BCUT2D eigenvalue weighted by atomic mass is 32.1. The van der Waals surface area contributed by atoms with E-state index in [-0.39, 0.29) is 18.2 Å². The molecule has 1 aromatic rings. The summed E-state index contributed by atoms with van der Waals surface area (Å²) in [7, 11) is 0. The van der Waals surface area contributed by atoms with E-state index in [1.165, 1.54) is 11.3 Å². The maximum atomic E-state index is 11.5. The maximum absolute atomic E-state index is 11.5. The second-order valence-electron chi connectivity index (χ2n) is 3.33. The Morgan fingerprint density at radius 2 is 2.50 bits per heavy atom. The first-order valence-corrected chi connectivity index (χ1v) is 5.55. The lowest BCUT2D eigenvalue weighted by Gasteiger charge is -2.29. The Hall–Kier alpha value is -1.82. The molecule has 2 heterocycles. The Morgan fingerprint density at radius 3 is 3.06 bits per heavy atom. The second-order valence-corrected chi connectivity index (χ2v) is 4.36. The SMILES string of the molecule is O=C(Cc1cccs1)NC1C(=O)NC1=CO. The average molecular weight is 238 g/mol. The third-order valence-electron chi connectivity index (χ3n) is 2.20. The van der Waals surface area contributed by atoms with Gasteiger partial charge in [-0.25, -0.2) is 0 Å². The molecule has 3 N–H and O–H groups in total. The molecule has 0 aromatic carbocycles. The number of aliphatic hydroxyl groups is 1. The summed E-state index contributed by atoms with van der Waals surface area (Å²) in [5.41, 5.74) is 0.324. The topological polar surface area (TPSA) is 78.4 Å². The van der Waals surface area contributed by atoms with Gasteiger partial charge < -0.3 is 15.7 Å². The van der Waals surface area contributed by atoms with Gasteiger partial charge in [0.15, 0.2) is 6.04 Å². The number of β-lactam (4-membered cyclic amide) rings is 1. The van der Waals surface area contributed by atoms with Crippen LogP contribution in [0.1, 0.15) is 4.88 Å². The van der Waals surface area contributed by atoms with E-state index in [0.29, 0.717) is 5.70 Å². The summed E-state index contributed by atoms with van der Waals surface area (Å²) >= 11 is 1.49. The van der Waals surface area contributed by atoms with Crippen LogP contribution in [0.15, 0.2) is 29.5 Å². The summed E-state index contributed by atoms with van der Waals surface area (Å²) in [4.78, 5) is 23.5. The van der Waals surface area contributed by atoms with E-state index in [1.807, 2.05) is 17.5 Å². The van der Waals surface area contributed by atoms with Crippen molar-refractivity contribution in [2.75, 3.05) is 0 Å². The number of thiophene rings is 1. The maximum Gasteiger partial charge on any atom is 0.253 e. The average Bonchev–Trinajstić information content (AvgIpc) is 2.75. The van der Waals surface area contributed by atoms with Crippen LogP contribution in [-0.4, -0.2) is 23.0 Å². The Kier molecular flexibility index (Phi) is 2.91. The fraction of sp³-hybridized carbons (Fsp3) is 0.200. The van der Waals surface area contributed by atoms with Crippen LogP contribution < -0.4 is 10.6 Å². The highest BCUT2D eigenvalue weighted by molar-refractivity contribution is 7.10. The van der Waals surface area contributed by atoms with E-state index in [4.69, 9.17) is 5.11 Å². The molecule has 0 saturated carbocycles. The summed E-state index contributed by atoms with van der Waals surface area (Å²) in [5.74, 6) is -0.540. The fourth-order valence-electron chi connectivity index (χ4n) is 1.38. The van der Waals surface area contributed by atoms with E-state index in [2.05, 4.69) is 10.6 Å². The molecule has 5 nitrogen and oxygen atoms in total. The minimum atomic E-state index is -0.725. The van der Waals surface area contributed by atoms with Crippen molar-refractivity contribution in [3.63, 3.8) is 0 Å². The molecule has 0 bridgehead atoms. The summed E-state index contributed by atoms with van der Waals surface area (Å²) < 4.78 is 0. The molecule has 0 radical (unpaired) electrons. The van der Waals surface area contributed by atoms with Gasteiger partial charge >= 0.3 is 0 Å². The molecule has 2 amide bonds. The van der Waals surface area contributed by atoms with E-state index in [9.17, 15) is 9.59 Å². The smallest absolute Gasteiger partial charge is 0.253 e. The minimum absolute atomic E-state index is 0.235. The number of aliphatic hydroxyl groups excluding tert-OH is 1. The van der Waals surface area contributed by atoms with E-state index >= 15 is 0 Å². The third-order valence-corrected chi connectivity index (χ3v) is 3.08. The van der Waals surface area contributed by atoms with Gasteiger partial charge in [-0.15, -0.1) is 11.3 Å². The van der Waals surface area contributed by atoms with Crippen LogP contribution in [0.5, 0.6) is 0 Å². The summed E-state index contributed by atoms with van der Waals surface area (Å²) in [6.07, 6.45) is 1.04. The Morgan fingerprint density at radius 1 is 1.69 bits per heavy atom. The van der Waals surface area contributed by atoms with Gasteiger partial charge in [0, 0.05) is 4.88 Å². The number of hydrogen-bond acceptors (Lipinski definition) is 4. The van der Waals surface area contributed by atoms with Crippen LogP contribution in [0.25, 0.3) is 0 Å². The molecule has 1 fully saturated rings. The van der Waals surface area contributed by atoms with Crippen molar-refractivity contribution in [1.82, 2.24) is 10.6 Å². The van der Waals surface area contributed by atoms with Gasteiger partial charge in [-0.05, 0) is 11.4 Å². The number of carbonyl (C=O) groups is 2. The molecule has 6 heteroatoms. The van der Waals surface area contributed by atoms with Crippen LogP contribution in [0.4, 0.5) is 0 Å². The number of hydrogen-bond donors (Lipinski definition) is 3. The fourth-order valence-corrected chi connectivity index (χ4v) is 2.09. The monoisotopic (exact) mass is 238 g/mol. The van der Waals surface area contributed by atoms with E-state index < -0.39 is 6.04 Å². The van der Waals surface area contributed by atoms with Gasteiger partial charge in [-0.3, -0.25) is 9.59 Å². The van der Waals surface area contributed by atoms with Crippen LogP contribution in [0.3, 0.4) is 0 Å². The summed E-state index contributed by atoms with van der Waals surface area (Å²) in [5, 5.41) is 15.5. The Balaban J connectivity index is 1.90. The summed E-state index contributed by atoms with van der Waals surface area (Å²) in [6.45, 7) is 0. The van der Waals surface area contributed by atoms with Gasteiger partial charge in [0.25, 0.3) is 5.91 Å². The molecule has 1 aliphatic rings. The number of carbonyl (C=O) groups excluding carboxylic acids is 2. The van der Waals surface area contributed by atoms with Crippen molar-refractivity contribution in [1.29, 1.82) is 0 Å². The number of nitrogens with one attached hydrogen (secondary N) is 2. The minimum Gasteiger partial charge on any atom is -0.514 e. The zero-order chi connectivity index (χ0) is 11.5. The molecule has 0 aliphatic carbocycles. The summed E-state index contributed by atoms with van der Waals surface area (Å²) in [6, 6.07) is 2.99. The Bertz CT molecular complexity index is 439. The third kappa shape index (κ3) is 2.06. The van der Waals surface area contributed by atoms with Gasteiger partial charge in [0.05, 0.1) is 12.1 Å². The standard InChI is InChI=1S/C10H10N2O3S/c13-5-7-9(10(15)11-7)12-8(14)4-6-2-1-3-16-6/h1-3,5,9,13H,4H2,(H,11,15)(H,12,14). The van der Waals surface area contributed by atoms with Crippen molar-refractivity contribution >= 4 is 23.2 Å². The van der Waals surface area contributed by atoms with Crippen molar-refractivity contribution < 1.29 is 14.7 Å². The normalized spacial score (nSPS) is 21.4. The lowest BCUT2D eigenvalue weighted by Crippen LogP contribution is -2.59. The zero-order valence-corrected chi connectivity index (χ0v) is 9.08. The molecular weight excluding hydrogens is 228 g/mol. The quantitative estimate of drug-likeness (QED) is 0.523. The van der Waals surface area contributed by atoms with Crippen LogP contribution in [0.2, 0.25) is 0 Å². The van der Waals surface area contributed by atoms with Gasteiger partial charge in [0.2, 0.25) is 5.91 Å². The molecule has 1 atom stereocenters. The number of rotatable bonds is 3. The molecule has 1 aromatic heterocycles. The Labute approximate surface area is 95.8 Å². The predicted octanol–water partition coefficient (Wildman–Crippen LogP) is 0.305. The second kappa shape index (κ2) is 4.36. The molecule has 2 rings (SSSR count). The highest BCUT2D eigenvalue weighted by Crippen LogP contribution is 2.12. The predicted molar refractivity (Wildman–Crippen MR) is 58.8 cm³/mol. The molecular formula is C10H10N2O3S. The molecule has 84 valence electrons. The molecule has 1 saturated heterocycles. The number of amides is 2. The first-order valence-electron chi connectivity index (χ1n) is 4.67. The molecule has 1 unspecified atom stereocenters. The van der Waals surface area contributed by atoms with Gasteiger partial charge in [0.1, 0.15) is 6.26 Å². The van der Waals surface area contributed by atoms with Crippen molar-refractivity contribution in [2.24, 2.45) is 0 Å². The van der Waals surface area contributed by atoms with Crippen molar-refractivity contribution in [3.05, 3.63) is 34.3 Å². The highest BCUT2D eigenvalue weighted by Gasteiger charge is 2.35. The van der Waals surface area contributed by atoms with Crippen LogP contribution in [0, 0.1) is 0 Å². The zero-order valence-electron chi connectivity index (χ0n) is 8.27. The first kappa shape index (κ1) is 10.7. The van der Waals surface area contributed by atoms with Crippen molar-refractivity contribution in [3.8, 4) is 0 Å². The molecule has 1 aliphatic heterocycles. The van der Waals surface area contributed by atoms with Crippen LogP contribution in [-0.2, 0) is 16.0 Å². The first-order chi connectivity index (χ1) is 7.70. The van der Waals surface area contributed by atoms with Crippen LogP contribution >= 0.6 is 11.3 Å². The lowest BCUT2D eigenvalue weighted by atomic mass is 10.1. The van der Waals surface area contributed by atoms with E-state index in [0.717, 1.165) is 11.1 Å². The van der Waals surface area contributed by atoms with Gasteiger partial charge in [-0.2, -0.15) is 0 Å². The molecule has 0 spiro atoms. The van der Waals surface area contributed by atoms with E-state index in [1.54, 1.807) is 0 Å². The largest absolute Gasteiger partial charge is 0.514 e. The van der Waals surface area contributed by atoms with Crippen molar-refractivity contribution in [2.45, 2.75) is 12.5 Å². The lowest BCUT2D eigenvalue weighted by molar-refractivity contribution is -0.130. The van der Waals surface area contributed by atoms with Gasteiger partial charge in [-0.1, -0.05) is 6.07 Å².